The molecule has 1 aromatic heterocycles. The lowest BCUT2D eigenvalue weighted by Gasteiger charge is -2.16. The third kappa shape index (κ3) is 3.40. The Hall–Kier alpha value is -0.910. The van der Waals surface area contributed by atoms with Crippen LogP contribution in [0.4, 0.5) is 0 Å². The maximum atomic E-state index is 12.4. The third-order valence-corrected chi connectivity index (χ3v) is 4.07. The maximum Gasteiger partial charge on any atom is 0.257 e. The first-order valence-corrected chi connectivity index (χ1v) is 7.85. The summed E-state index contributed by atoms with van der Waals surface area (Å²) < 4.78 is 1.55. The summed E-state index contributed by atoms with van der Waals surface area (Å²) in [5, 5.41) is 16.7. The number of halogens is 2. The highest BCUT2D eigenvalue weighted by atomic mass is 127. The van der Waals surface area contributed by atoms with Crippen LogP contribution in [0.25, 0.3) is 0 Å². The maximum absolute atomic E-state index is 12.4. The van der Waals surface area contributed by atoms with E-state index in [1.54, 1.807) is 20.0 Å². The summed E-state index contributed by atoms with van der Waals surface area (Å²) in [6, 6.07) is 3.48. The van der Waals surface area contributed by atoms with E-state index >= 15 is 0 Å². The quantitative estimate of drug-likeness (QED) is 0.637. The number of aromatic amines is 1. The van der Waals surface area contributed by atoms with Gasteiger partial charge < -0.3 is 10.0 Å². The summed E-state index contributed by atoms with van der Waals surface area (Å²) in [7, 11) is 1.65. The molecule has 2 aromatic rings. The molecule has 0 bridgehead atoms. The first-order chi connectivity index (χ1) is 9.38. The molecule has 2 N–H and O–H groups in total. The van der Waals surface area contributed by atoms with Crippen LogP contribution in [0.15, 0.2) is 12.1 Å². The minimum Gasteiger partial charge on any atom is -0.506 e. The molecule has 0 aliphatic rings. The van der Waals surface area contributed by atoms with Crippen molar-refractivity contribution in [1.82, 2.24) is 20.1 Å². The van der Waals surface area contributed by atoms with Crippen LogP contribution in [0.1, 0.15) is 22.0 Å². The zero-order valence-electron chi connectivity index (χ0n) is 10.8. The van der Waals surface area contributed by atoms with Gasteiger partial charge in [0, 0.05) is 10.6 Å². The fraction of sp³-hybridized carbons (Fsp3) is 0.250. The lowest BCUT2D eigenvalue weighted by Crippen LogP contribution is -2.27. The van der Waals surface area contributed by atoms with Crippen LogP contribution in [0.3, 0.4) is 0 Å². The number of benzene rings is 1. The Balaban J connectivity index is 2.22. The number of aryl methyl sites for hydroxylation is 1. The highest BCUT2D eigenvalue weighted by Crippen LogP contribution is 2.28. The number of carbonyl (C=O) groups is 1. The van der Waals surface area contributed by atoms with E-state index in [1.165, 1.54) is 4.90 Å². The summed E-state index contributed by atoms with van der Waals surface area (Å²) in [5.41, 5.74) is 0.288. The molecule has 1 amide bonds. The number of rotatable bonds is 3. The van der Waals surface area contributed by atoms with Gasteiger partial charge in [-0.15, -0.1) is 0 Å². The van der Waals surface area contributed by atoms with Crippen molar-refractivity contribution in [3.63, 3.8) is 0 Å². The number of carbonyl (C=O) groups excluding carboxylic acids is 1. The molecule has 2 rings (SSSR count). The molecule has 0 unspecified atom stereocenters. The summed E-state index contributed by atoms with van der Waals surface area (Å²) in [6.07, 6.45) is 0. The first-order valence-electron chi connectivity index (χ1n) is 5.70. The van der Waals surface area contributed by atoms with Crippen LogP contribution in [0.5, 0.6) is 5.75 Å². The van der Waals surface area contributed by atoms with E-state index in [0.717, 1.165) is 3.57 Å². The van der Waals surface area contributed by atoms with Crippen molar-refractivity contribution in [2.45, 2.75) is 13.5 Å². The van der Waals surface area contributed by atoms with Gasteiger partial charge in [-0.25, -0.2) is 4.98 Å². The van der Waals surface area contributed by atoms with E-state index < -0.39 is 0 Å². The minimum atomic E-state index is -0.263. The van der Waals surface area contributed by atoms with E-state index in [4.69, 9.17) is 0 Å². The van der Waals surface area contributed by atoms with Gasteiger partial charge in [0.05, 0.1) is 15.7 Å². The van der Waals surface area contributed by atoms with Crippen LogP contribution in [0, 0.1) is 14.1 Å². The second-order valence-electron chi connectivity index (χ2n) is 4.28. The number of phenols is 1. The van der Waals surface area contributed by atoms with Gasteiger partial charge in [0.25, 0.3) is 5.91 Å². The number of H-pyrrole nitrogens is 1. The van der Waals surface area contributed by atoms with Crippen LogP contribution in [0.2, 0.25) is 0 Å². The van der Waals surface area contributed by atoms with E-state index in [1.807, 2.05) is 28.7 Å². The number of hydrogen-bond donors (Lipinski definition) is 2. The standard InChI is InChI=1S/C12H12I2N4O2/c1-6-15-10(17-16-6)5-18(2)12(20)8-3-7(13)4-9(14)11(8)19/h3-4,19H,5H2,1-2H3,(H,15,16,17). The van der Waals surface area contributed by atoms with Crippen molar-refractivity contribution in [3.05, 3.63) is 36.5 Å². The van der Waals surface area contributed by atoms with E-state index in [2.05, 4.69) is 37.8 Å². The van der Waals surface area contributed by atoms with Gasteiger partial charge in [-0.1, -0.05) is 0 Å². The van der Waals surface area contributed by atoms with Crippen LogP contribution in [-0.2, 0) is 6.54 Å². The zero-order valence-corrected chi connectivity index (χ0v) is 15.1. The van der Waals surface area contributed by atoms with Crippen LogP contribution < -0.4 is 0 Å². The molecule has 0 aliphatic heterocycles. The van der Waals surface area contributed by atoms with Crippen LogP contribution >= 0.6 is 45.2 Å². The Morgan fingerprint density at radius 1 is 1.45 bits per heavy atom. The highest BCUT2D eigenvalue weighted by Gasteiger charge is 2.19. The van der Waals surface area contributed by atoms with Crippen LogP contribution in [-0.4, -0.2) is 38.1 Å². The molecule has 0 aliphatic carbocycles. The number of aromatic hydroxyl groups is 1. The SMILES string of the molecule is Cc1nc(CN(C)C(=O)c2cc(I)cc(I)c2O)n[nH]1. The van der Waals surface area contributed by atoms with Crippen molar-refractivity contribution in [2.75, 3.05) is 7.05 Å². The van der Waals surface area contributed by atoms with E-state index in [0.29, 0.717) is 15.2 Å². The van der Waals surface area contributed by atoms with Crippen molar-refractivity contribution < 1.29 is 9.90 Å². The molecular weight excluding hydrogens is 486 g/mol. The minimum absolute atomic E-state index is 0.00836. The average Bonchev–Trinajstić information content (AvgIpc) is 2.78. The molecule has 8 heteroatoms. The fourth-order valence-corrected chi connectivity index (χ4v) is 3.52. The molecule has 0 saturated heterocycles. The number of nitrogens with one attached hydrogen (secondary N) is 1. The van der Waals surface area contributed by atoms with Crippen molar-refractivity contribution in [3.8, 4) is 5.75 Å². The molecule has 20 heavy (non-hydrogen) atoms. The second kappa shape index (κ2) is 6.24. The summed E-state index contributed by atoms with van der Waals surface area (Å²) >= 11 is 4.12. The summed E-state index contributed by atoms with van der Waals surface area (Å²) in [6.45, 7) is 2.08. The molecule has 0 atom stereocenters. The van der Waals surface area contributed by atoms with Crippen molar-refractivity contribution >= 4 is 51.1 Å². The second-order valence-corrected chi connectivity index (χ2v) is 6.69. The molecule has 1 aromatic carbocycles. The Morgan fingerprint density at radius 2 is 2.15 bits per heavy atom. The highest BCUT2D eigenvalue weighted by molar-refractivity contribution is 14.1. The molecule has 0 fully saturated rings. The van der Waals surface area contributed by atoms with Crippen molar-refractivity contribution in [2.24, 2.45) is 0 Å². The van der Waals surface area contributed by atoms with Gasteiger partial charge in [-0.2, -0.15) is 5.10 Å². The Bertz CT molecular complexity index is 657. The number of nitrogens with zero attached hydrogens (tertiary/aromatic N) is 3. The summed E-state index contributed by atoms with van der Waals surface area (Å²) in [5.74, 6) is 0.987. The van der Waals surface area contributed by atoms with E-state index in [9.17, 15) is 9.90 Å². The Kier molecular flexibility index (Phi) is 4.83. The topological polar surface area (TPSA) is 82.1 Å². The molecule has 106 valence electrons. The van der Waals surface area contributed by atoms with Gasteiger partial charge in [0.15, 0.2) is 5.82 Å². The first kappa shape index (κ1) is 15.5. The fourth-order valence-electron chi connectivity index (χ4n) is 1.68. The number of hydrogen-bond acceptors (Lipinski definition) is 4. The lowest BCUT2D eigenvalue weighted by molar-refractivity contribution is 0.0778. The number of phenolic OH excluding ortho intramolecular Hbond substituents is 1. The predicted molar refractivity (Wildman–Crippen MR) is 90.5 cm³/mol. The monoisotopic (exact) mass is 498 g/mol. The molecule has 6 nitrogen and oxygen atoms in total. The van der Waals surface area contributed by atoms with Gasteiger partial charge in [-0.05, 0) is 64.2 Å². The molecule has 0 radical (unpaired) electrons. The smallest absolute Gasteiger partial charge is 0.257 e. The van der Waals surface area contributed by atoms with Gasteiger partial charge in [-0.3, -0.25) is 9.89 Å². The molecule has 1 heterocycles. The van der Waals surface area contributed by atoms with Gasteiger partial charge in [0.2, 0.25) is 0 Å². The average molecular weight is 498 g/mol. The normalized spacial score (nSPS) is 10.6. The Morgan fingerprint density at radius 3 is 2.75 bits per heavy atom. The lowest BCUT2D eigenvalue weighted by atomic mass is 10.2. The van der Waals surface area contributed by atoms with Gasteiger partial charge >= 0.3 is 0 Å². The molecule has 0 spiro atoms. The zero-order chi connectivity index (χ0) is 14.9. The molecular formula is C12H12I2N4O2. The third-order valence-electron chi connectivity index (χ3n) is 2.63. The van der Waals surface area contributed by atoms with E-state index in [-0.39, 0.29) is 23.8 Å². The number of amides is 1. The predicted octanol–water partition coefficient (Wildman–Crippen LogP) is 2.30. The van der Waals surface area contributed by atoms with Gasteiger partial charge in [0.1, 0.15) is 11.6 Å². The Labute approximate surface area is 143 Å². The van der Waals surface area contributed by atoms with Crippen molar-refractivity contribution in [1.29, 1.82) is 0 Å². The number of aromatic nitrogens is 3. The molecule has 0 saturated carbocycles. The summed E-state index contributed by atoms with van der Waals surface area (Å²) in [4.78, 5) is 18.0. The largest absolute Gasteiger partial charge is 0.506 e.